The van der Waals surface area contributed by atoms with E-state index < -0.39 is 11.7 Å². The van der Waals surface area contributed by atoms with Crippen molar-refractivity contribution in [2.45, 2.75) is 26.3 Å². The van der Waals surface area contributed by atoms with E-state index in [9.17, 15) is 14.0 Å². The molecular weight excluding hydrogens is 449 g/mol. The second-order valence-corrected chi connectivity index (χ2v) is 8.14. The quantitative estimate of drug-likeness (QED) is 0.324. The van der Waals surface area contributed by atoms with Crippen molar-refractivity contribution in [2.24, 2.45) is 0 Å². The molecule has 178 valence electrons. The zero-order chi connectivity index (χ0) is 24.9. The van der Waals surface area contributed by atoms with Crippen LogP contribution in [-0.2, 0) is 11.3 Å². The van der Waals surface area contributed by atoms with Gasteiger partial charge < -0.3 is 16.0 Å². The minimum Gasteiger partial charge on any atom is -0.350 e. The number of nitrogens with zero attached hydrogens (tertiary/aromatic N) is 4. The SMILES string of the molecule is C=C(F)C(=O)Nc1cccc(C(=O)Nc2cccc(CNc3ncnc4c(C(C)C)cnn34)c2)c1. The summed E-state index contributed by atoms with van der Waals surface area (Å²) in [6, 6.07) is 13.6. The molecule has 35 heavy (non-hydrogen) atoms. The van der Waals surface area contributed by atoms with Crippen LogP contribution < -0.4 is 16.0 Å². The molecule has 0 bridgehead atoms. The molecule has 10 heteroatoms. The third kappa shape index (κ3) is 5.49. The van der Waals surface area contributed by atoms with Crippen LogP contribution >= 0.6 is 0 Å². The van der Waals surface area contributed by atoms with Gasteiger partial charge in [-0.1, -0.05) is 38.6 Å². The summed E-state index contributed by atoms with van der Waals surface area (Å²) in [6.07, 6.45) is 3.30. The highest BCUT2D eigenvalue weighted by atomic mass is 19.1. The summed E-state index contributed by atoms with van der Waals surface area (Å²) in [4.78, 5) is 32.8. The molecule has 2 aromatic heterocycles. The molecule has 2 amide bonds. The number of fused-ring (bicyclic) bond motifs is 1. The maximum absolute atomic E-state index is 12.9. The van der Waals surface area contributed by atoms with Gasteiger partial charge in [0.05, 0.1) is 6.20 Å². The number of halogens is 1. The molecule has 0 aliphatic heterocycles. The van der Waals surface area contributed by atoms with Crippen LogP contribution in [-0.4, -0.2) is 31.4 Å². The average molecular weight is 474 g/mol. The Labute approximate surface area is 201 Å². The van der Waals surface area contributed by atoms with Crippen LogP contribution in [0.1, 0.15) is 41.3 Å². The highest BCUT2D eigenvalue weighted by Crippen LogP contribution is 2.21. The first-order chi connectivity index (χ1) is 16.8. The van der Waals surface area contributed by atoms with E-state index in [2.05, 4.69) is 51.4 Å². The van der Waals surface area contributed by atoms with Gasteiger partial charge >= 0.3 is 0 Å². The summed E-state index contributed by atoms with van der Waals surface area (Å²) < 4.78 is 14.6. The first-order valence-corrected chi connectivity index (χ1v) is 10.9. The third-order valence-corrected chi connectivity index (χ3v) is 5.22. The van der Waals surface area contributed by atoms with Gasteiger partial charge in [0.15, 0.2) is 11.5 Å². The molecule has 2 aromatic carbocycles. The molecule has 0 radical (unpaired) electrons. The molecule has 0 fully saturated rings. The minimum atomic E-state index is -1.11. The highest BCUT2D eigenvalue weighted by molar-refractivity contribution is 6.06. The molecule has 0 unspecified atom stereocenters. The fourth-order valence-corrected chi connectivity index (χ4v) is 3.44. The minimum absolute atomic E-state index is 0.287. The topological polar surface area (TPSA) is 113 Å². The lowest BCUT2D eigenvalue weighted by molar-refractivity contribution is -0.114. The van der Waals surface area contributed by atoms with Gasteiger partial charge in [-0.15, -0.1) is 0 Å². The molecule has 2 heterocycles. The number of rotatable bonds is 8. The summed E-state index contributed by atoms with van der Waals surface area (Å²) >= 11 is 0. The Hall–Kier alpha value is -4.60. The van der Waals surface area contributed by atoms with E-state index >= 15 is 0 Å². The van der Waals surface area contributed by atoms with E-state index in [-0.39, 0.29) is 17.5 Å². The van der Waals surface area contributed by atoms with Crippen molar-refractivity contribution in [1.82, 2.24) is 19.6 Å². The van der Waals surface area contributed by atoms with Crippen molar-refractivity contribution in [3.63, 3.8) is 0 Å². The van der Waals surface area contributed by atoms with Crippen LogP contribution in [0.4, 0.5) is 21.7 Å². The van der Waals surface area contributed by atoms with Crippen LogP contribution in [0, 0.1) is 0 Å². The number of carbonyl (C=O) groups excluding carboxylic acids is 2. The lowest BCUT2D eigenvalue weighted by atomic mass is 10.1. The number of amides is 2. The largest absolute Gasteiger partial charge is 0.350 e. The zero-order valence-corrected chi connectivity index (χ0v) is 19.2. The van der Waals surface area contributed by atoms with Gasteiger partial charge in [0.2, 0.25) is 5.95 Å². The van der Waals surface area contributed by atoms with E-state index in [0.717, 1.165) is 16.8 Å². The lowest BCUT2D eigenvalue weighted by Crippen LogP contribution is -2.14. The van der Waals surface area contributed by atoms with Crippen LogP contribution in [0.15, 0.2) is 73.5 Å². The molecule has 4 aromatic rings. The number of hydrogen-bond donors (Lipinski definition) is 3. The lowest BCUT2D eigenvalue weighted by Gasteiger charge is -2.11. The molecule has 3 N–H and O–H groups in total. The summed E-state index contributed by atoms with van der Waals surface area (Å²) in [5, 5.41) is 12.8. The van der Waals surface area contributed by atoms with Crippen LogP contribution in [0.25, 0.3) is 5.65 Å². The molecule has 0 aliphatic rings. The van der Waals surface area contributed by atoms with E-state index in [0.29, 0.717) is 23.7 Å². The second kappa shape index (κ2) is 10.1. The van der Waals surface area contributed by atoms with E-state index in [1.807, 2.05) is 18.2 Å². The van der Waals surface area contributed by atoms with Crippen molar-refractivity contribution in [3.05, 3.63) is 90.2 Å². The fourth-order valence-electron chi connectivity index (χ4n) is 3.44. The van der Waals surface area contributed by atoms with Gasteiger partial charge in [-0.25, -0.2) is 14.4 Å². The Morgan fingerprint density at radius 3 is 2.54 bits per heavy atom. The van der Waals surface area contributed by atoms with E-state index in [1.165, 1.54) is 12.4 Å². The highest BCUT2D eigenvalue weighted by Gasteiger charge is 2.13. The van der Waals surface area contributed by atoms with Crippen molar-refractivity contribution >= 4 is 34.8 Å². The Morgan fingerprint density at radius 2 is 1.80 bits per heavy atom. The Balaban J connectivity index is 1.44. The fraction of sp³-hybridized carbons (Fsp3) is 0.160. The number of aromatic nitrogens is 4. The number of nitrogens with one attached hydrogen (secondary N) is 3. The number of benzene rings is 2. The number of hydrogen-bond acceptors (Lipinski definition) is 6. The Kier molecular flexibility index (Phi) is 6.81. The second-order valence-electron chi connectivity index (χ2n) is 8.14. The molecule has 0 spiro atoms. The predicted molar refractivity (Wildman–Crippen MR) is 132 cm³/mol. The standard InChI is InChI=1S/C25H24FN7O2/c1-15(2)21-13-30-33-22(21)28-14-29-25(33)27-12-17-6-4-8-19(10-17)32-24(35)18-7-5-9-20(11-18)31-23(34)16(3)26/h4-11,13-15H,3,12H2,1-2H3,(H,31,34)(H,32,35)(H,27,28,29). The van der Waals surface area contributed by atoms with Crippen molar-refractivity contribution in [2.75, 3.05) is 16.0 Å². The van der Waals surface area contributed by atoms with Crippen molar-refractivity contribution in [1.29, 1.82) is 0 Å². The van der Waals surface area contributed by atoms with Gasteiger partial charge in [-0.3, -0.25) is 9.59 Å². The molecular formula is C25H24FN7O2. The molecule has 0 saturated carbocycles. The maximum Gasteiger partial charge on any atom is 0.283 e. The van der Waals surface area contributed by atoms with Crippen molar-refractivity contribution in [3.8, 4) is 0 Å². The van der Waals surface area contributed by atoms with Gasteiger partial charge in [-0.05, 0) is 41.8 Å². The summed E-state index contributed by atoms with van der Waals surface area (Å²) in [7, 11) is 0. The smallest absolute Gasteiger partial charge is 0.283 e. The molecule has 0 atom stereocenters. The van der Waals surface area contributed by atoms with Crippen molar-refractivity contribution < 1.29 is 14.0 Å². The molecule has 0 saturated heterocycles. The summed E-state index contributed by atoms with van der Waals surface area (Å²) in [6.45, 7) is 7.57. The van der Waals surface area contributed by atoms with E-state index in [1.54, 1.807) is 35.0 Å². The van der Waals surface area contributed by atoms with Gasteiger partial charge in [0, 0.05) is 29.0 Å². The summed E-state index contributed by atoms with van der Waals surface area (Å²) in [5.74, 6) is -1.59. The number of carbonyl (C=O) groups is 2. The Bertz CT molecular complexity index is 1410. The molecule has 4 rings (SSSR count). The Morgan fingerprint density at radius 1 is 1.06 bits per heavy atom. The molecule has 9 nitrogen and oxygen atoms in total. The monoisotopic (exact) mass is 473 g/mol. The van der Waals surface area contributed by atoms with Crippen LogP contribution in [0.5, 0.6) is 0 Å². The first-order valence-electron chi connectivity index (χ1n) is 10.9. The molecule has 0 aliphatic carbocycles. The van der Waals surface area contributed by atoms with Gasteiger partial charge in [-0.2, -0.15) is 9.61 Å². The normalized spacial score (nSPS) is 10.9. The van der Waals surface area contributed by atoms with Gasteiger partial charge in [0.1, 0.15) is 6.33 Å². The van der Waals surface area contributed by atoms with E-state index in [4.69, 9.17) is 0 Å². The summed E-state index contributed by atoms with van der Waals surface area (Å²) in [5.41, 5.74) is 3.89. The average Bonchev–Trinajstić information content (AvgIpc) is 3.28. The maximum atomic E-state index is 12.9. The van der Waals surface area contributed by atoms with Crippen LogP contribution in [0.2, 0.25) is 0 Å². The van der Waals surface area contributed by atoms with Gasteiger partial charge in [0.25, 0.3) is 11.8 Å². The zero-order valence-electron chi connectivity index (χ0n) is 19.2. The first kappa shape index (κ1) is 23.6. The van der Waals surface area contributed by atoms with Crippen LogP contribution in [0.3, 0.4) is 0 Å². The third-order valence-electron chi connectivity index (χ3n) is 5.22. The number of anilines is 3. The predicted octanol–water partition coefficient (Wildman–Crippen LogP) is 4.53.